The van der Waals surface area contributed by atoms with E-state index in [4.69, 9.17) is 9.47 Å². The van der Waals surface area contributed by atoms with E-state index in [0.717, 1.165) is 30.3 Å². The number of epoxide rings is 1. The summed E-state index contributed by atoms with van der Waals surface area (Å²) in [6.45, 7) is 0.697. The second kappa shape index (κ2) is 8.87. The van der Waals surface area contributed by atoms with Crippen LogP contribution < -0.4 is 9.64 Å². The standard InChI is InChI=1S/C22H16F7N3O3/c1-31(15-4-2-14(23)3-5-15)20(33)35-19-17(12-8-30-32(9-12)10-16-11-34-16)6-13(21(24,25)26)7-18(19)22(27,28)29/h2-9,16H,10-11H2,1H3. The first-order valence-electron chi connectivity index (χ1n) is 10.0. The second-order valence-electron chi connectivity index (χ2n) is 7.71. The minimum absolute atomic E-state index is 0.0793. The molecule has 3 aromatic rings. The monoisotopic (exact) mass is 503 g/mol. The average molecular weight is 503 g/mol. The van der Waals surface area contributed by atoms with Gasteiger partial charge in [-0.3, -0.25) is 9.58 Å². The number of rotatable bonds is 5. The van der Waals surface area contributed by atoms with Crippen molar-refractivity contribution in [3.63, 3.8) is 0 Å². The van der Waals surface area contributed by atoms with Gasteiger partial charge in [0.1, 0.15) is 11.9 Å². The molecule has 1 aliphatic rings. The summed E-state index contributed by atoms with van der Waals surface area (Å²) in [7, 11) is 1.15. The van der Waals surface area contributed by atoms with Gasteiger partial charge in [0.05, 0.1) is 30.5 Å². The van der Waals surface area contributed by atoms with Crippen LogP contribution in [0.4, 0.5) is 41.2 Å². The number of alkyl halides is 6. The van der Waals surface area contributed by atoms with Gasteiger partial charge in [-0.25, -0.2) is 9.18 Å². The van der Waals surface area contributed by atoms with Gasteiger partial charge >= 0.3 is 18.4 Å². The molecule has 1 unspecified atom stereocenters. The number of hydrogen-bond acceptors (Lipinski definition) is 4. The Morgan fingerprint density at radius 2 is 1.80 bits per heavy atom. The minimum Gasteiger partial charge on any atom is -0.409 e. The molecule has 6 nitrogen and oxygen atoms in total. The molecule has 1 saturated heterocycles. The fourth-order valence-electron chi connectivity index (χ4n) is 3.24. The van der Waals surface area contributed by atoms with Gasteiger partial charge in [-0.1, -0.05) is 0 Å². The van der Waals surface area contributed by atoms with Crippen LogP contribution >= 0.6 is 0 Å². The average Bonchev–Trinajstić information content (AvgIpc) is 3.46. The first-order chi connectivity index (χ1) is 16.3. The molecular weight excluding hydrogens is 487 g/mol. The summed E-state index contributed by atoms with van der Waals surface area (Å²) in [5.74, 6) is -1.74. The van der Waals surface area contributed by atoms with E-state index in [-0.39, 0.29) is 30.0 Å². The zero-order valence-electron chi connectivity index (χ0n) is 17.8. The third-order valence-corrected chi connectivity index (χ3v) is 5.14. The minimum atomic E-state index is -5.29. The molecule has 0 radical (unpaired) electrons. The van der Waals surface area contributed by atoms with E-state index in [1.807, 2.05) is 0 Å². The summed E-state index contributed by atoms with van der Waals surface area (Å²) < 4.78 is 107. The van der Waals surface area contributed by atoms with Crippen molar-refractivity contribution in [3.05, 3.63) is 65.7 Å². The summed E-state index contributed by atoms with van der Waals surface area (Å²) in [5, 5.41) is 3.96. The molecule has 4 rings (SSSR count). The Balaban J connectivity index is 1.80. The van der Waals surface area contributed by atoms with E-state index in [2.05, 4.69) is 5.10 Å². The molecule has 13 heteroatoms. The molecule has 2 aromatic carbocycles. The van der Waals surface area contributed by atoms with Crippen molar-refractivity contribution in [2.45, 2.75) is 25.0 Å². The van der Waals surface area contributed by atoms with E-state index in [1.54, 1.807) is 0 Å². The van der Waals surface area contributed by atoms with Crippen LogP contribution in [0.5, 0.6) is 5.75 Å². The lowest BCUT2D eigenvalue weighted by atomic mass is 9.99. The quantitative estimate of drug-likeness (QED) is 0.328. The van der Waals surface area contributed by atoms with Crippen LogP contribution in [0.2, 0.25) is 0 Å². The van der Waals surface area contributed by atoms with Gasteiger partial charge in [-0.05, 0) is 36.4 Å². The van der Waals surface area contributed by atoms with Gasteiger partial charge < -0.3 is 9.47 Å². The predicted molar refractivity (Wildman–Crippen MR) is 108 cm³/mol. The number of ether oxygens (including phenoxy) is 2. The number of carbonyl (C=O) groups excluding carboxylic acids is 1. The van der Waals surface area contributed by atoms with Crippen LogP contribution in [0.1, 0.15) is 11.1 Å². The highest BCUT2D eigenvalue weighted by Gasteiger charge is 2.41. The Hall–Kier alpha value is -3.61. The number of benzene rings is 2. The number of nitrogens with zero attached hydrogens (tertiary/aromatic N) is 3. The van der Waals surface area contributed by atoms with Gasteiger partial charge in [0.25, 0.3) is 0 Å². The van der Waals surface area contributed by atoms with E-state index in [9.17, 15) is 35.5 Å². The van der Waals surface area contributed by atoms with Gasteiger partial charge in [0.2, 0.25) is 0 Å². The first-order valence-corrected chi connectivity index (χ1v) is 10.0. The summed E-state index contributed by atoms with van der Waals surface area (Å²) in [4.78, 5) is 13.5. The Kier molecular flexibility index (Phi) is 6.21. The molecule has 1 aliphatic heterocycles. The lowest BCUT2D eigenvalue weighted by molar-refractivity contribution is -0.143. The summed E-state index contributed by atoms with van der Waals surface area (Å²) >= 11 is 0. The van der Waals surface area contributed by atoms with E-state index in [0.29, 0.717) is 12.7 Å². The van der Waals surface area contributed by atoms with Crippen LogP contribution in [-0.2, 0) is 23.6 Å². The van der Waals surface area contributed by atoms with Gasteiger partial charge in [-0.2, -0.15) is 31.4 Å². The van der Waals surface area contributed by atoms with E-state index < -0.39 is 46.7 Å². The molecule has 186 valence electrons. The third-order valence-electron chi connectivity index (χ3n) is 5.14. The highest BCUT2D eigenvalue weighted by Crippen LogP contribution is 2.46. The fourth-order valence-corrected chi connectivity index (χ4v) is 3.24. The normalized spacial score (nSPS) is 15.7. The first kappa shape index (κ1) is 24.5. The number of anilines is 1. The zero-order valence-corrected chi connectivity index (χ0v) is 17.8. The topological polar surface area (TPSA) is 59.9 Å². The van der Waals surface area contributed by atoms with Crippen molar-refractivity contribution in [3.8, 4) is 16.9 Å². The number of aromatic nitrogens is 2. The molecule has 1 aromatic heterocycles. The Morgan fingerprint density at radius 1 is 1.14 bits per heavy atom. The second-order valence-corrected chi connectivity index (χ2v) is 7.71. The molecule has 0 saturated carbocycles. The number of carbonyl (C=O) groups is 1. The zero-order chi connectivity index (χ0) is 25.5. The summed E-state index contributed by atoms with van der Waals surface area (Å²) in [6.07, 6.45) is -9.59. The molecule has 1 atom stereocenters. The number of amides is 1. The van der Waals surface area contributed by atoms with Gasteiger partial charge in [-0.15, -0.1) is 0 Å². The molecule has 0 spiro atoms. The van der Waals surface area contributed by atoms with Gasteiger partial charge in [0, 0.05) is 30.1 Å². The van der Waals surface area contributed by atoms with Crippen LogP contribution in [0.25, 0.3) is 11.1 Å². The Morgan fingerprint density at radius 3 is 2.37 bits per heavy atom. The van der Waals surface area contributed by atoms with Crippen molar-refractivity contribution in [2.75, 3.05) is 18.6 Å². The fraction of sp³-hybridized carbons (Fsp3) is 0.273. The maximum Gasteiger partial charge on any atom is 0.420 e. The SMILES string of the molecule is CN(C(=O)Oc1c(-c2cnn(CC3CO3)c2)cc(C(F)(F)F)cc1C(F)(F)F)c1ccc(F)cc1. The molecule has 1 fully saturated rings. The largest absolute Gasteiger partial charge is 0.420 e. The molecule has 2 heterocycles. The van der Waals surface area contributed by atoms with E-state index >= 15 is 0 Å². The summed E-state index contributed by atoms with van der Waals surface area (Å²) in [6, 6.07) is 4.73. The Bertz CT molecular complexity index is 1230. The maximum absolute atomic E-state index is 13.9. The molecule has 35 heavy (non-hydrogen) atoms. The third kappa shape index (κ3) is 5.56. The highest BCUT2D eigenvalue weighted by molar-refractivity contribution is 5.90. The lowest BCUT2D eigenvalue weighted by Gasteiger charge is -2.22. The van der Waals surface area contributed by atoms with Crippen molar-refractivity contribution in [1.82, 2.24) is 9.78 Å². The predicted octanol–water partition coefficient (Wildman–Crippen LogP) is 5.76. The molecule has 0 bridgehead atoms. The van der Waals surface area contributed by atoms with Gasteiger partial charge in [0.15, 0.2) is 5.75 Å². The van der Waals surface area contributed by atoms with Crippen molar-refractivity contribution >= 4 is 11.8 Å². The van der Waals surface area contributed by atoms with Crippen LogP contribution in [0, 0.1) is 5.82 Å². The lowest BCUT2D eigenvalue weighted by Crippen LogP contribution is -2.30. The molecular formula is C22H16F7N3O3. The maximum atomic E-state index is 13.9. The number of hydrogen-bond donors (Lipinski definition) is 0. The van der Waals surface area contributed by atoms with Crippen LogP contribution in [-0.4, -0.2) is 35.6 Å². The molecule has 1 amide bonds. The Labute approximate surface area is 193 Å². The van der Waals surface area contributed by atoms with Crippen LogP contribution in [0.3, 0.4) is 0 Å². The number of halogens is 7. The van der Waals surface area contributed by atoms with Crippen LogP contribution in [0.15, 0.2) is 48.8 Å². The molecule has 0 aliphatic carbocycles. The van der Waals surface area contributed by atoms with Crippen molar-refractivity contribution in [2.24, 2.45) is 0 Å². The van der Waals surface area contributed by atoms with Crippen molar-refractivity contribution < 1.29 is 45.0 Å². The van der Waals surface area contributed by atoms with E-state index in [1.165, 1.54) is 23.0 Å². The van der Waals surface area contributed by atoms with Crippen molar-refractivity contribution in [1.29, 1.82) is 0 Å². The molecule has 0 N–H and O–H groups in total. The smallest absolute Gasteiger partial charge is 0.409 e. The summed E-state index contributed by atoms with van der Waals surface area (Å²) in [5.41, 5.74) is -4.05. The highest BCUT2D eigenvalue weighted by atomic mass is 19.4.